The van der Waals surface area contributed by atoms with Crippen molar-refractivity contribution in [3.63, 3.8) is 0 Å². The zero-order valence-electron chi connectivity index (χ0n) is 9.52. The molecule has 2 heterocycles. The number of nitrogen functional groups attached to an aromatic ring is 1. The third-order valence-corrected chi connectivity index (χ3v) is 2.67. The Balaban J connectivity index is 2.22. The van der Waals surface area contributed by atoms with Gasteiger partial charge in [0.2, 0.25) is 5.88 Å². The van der Waals surface area contributed by atoms with Crippen LogP contribution in [0.1, 0.15) is 0 Å². The summed E-state index contributed by atoms with van der Waals surface area (Å²) >= 11 is 0. The molecule has 1 aromatic carbocycles. The number of hydrogen-bond acceptors (Lipinski definition) is 4. The van der Waals surface area contributed by atoms with Crippen molar-refractivity contribution >= 4 is 5.88 Å². The van der Waals surface area contributed by atoms with Gasteiger partial charge in [-0.3, -0.25) is 5.10 Å². The molecular formula is C12H8F2N4O. The molecule has 2 aromatic heterocycles. The summed E-state index contributed by atoms with van der Waals surface area (Å²) in [6.45, 7) is 0. The van der Waals surface area contributed by atoms with Crippen molar-refractivity contribution in [3.8, 4) is 22.5 Å². The largest absolute Gasteiger partial charge is 0.367 e. The van der Waals surface area contributed by atoms with Gasteiger partial charge in [0.05, 0.1) is 11.3 Å². The quantitative estimate of drug-likeness (QED) is 0.743. The monoisotopic (exact) mass is 262 g/mol. The summed E-state index contributed by atoms with van der Waals surface area (Å²) in [5, 5.41) is 10.2. The Labute approximate surface area is 106 Å². The van der Waals surface area contributed by atoms with Crippen LogP contribution >= 0.6 is 0 Å². The van der Waals surface area contributed by atoms with Crippen LogP contribution in [0, 0.1) is 11.6 Å². The summed E-state index contributed by atoms with van der Waals surface area (Å²) in [6.07, 6.45) is 1.52. The molecule has 0 amide bonds. The second-order valence-electron chi connectivity index (χ2n) is 3.86. The molecule has 0 aliphatic heterocycles. The predicted molar refractivity (Wildman–Crippen MR) is 63.8 cm³/mol. The number of aromatic nitrogens is 3. The molecule has 0 fully saturated rings. The molecular weight excluding hydrogens is 254 g/mol. The maximum atomic E-state index is 13.8. The van der Waals surface area contributed by atoms with Crippen molar-refractivity contribution in [1.29, 1.82) is 0 Å². The van der Waals surface area contributed by atoms with Gasteiger partial charge in [-0.1, -0.05) is 5.16 Å². The van der Waals surface area contributed by atoms with Crippen LogP contribution in [0.5, 0.6) is 0 Å². The zero-order valence-corrected chi connectivity index (χ0v) is 9.52. The van der Waals surface area contributed by atoms with Crippen molar-refractivity contribution < 1.29 is 13.3 Å². The molecule has 7 heteroatoms. The Morgan fingerprint density at radius 2 is 2.05 bits per heavy atom. The molecule has 3 aromatic rings. The lowest BCUT2D eigenvalue weighted by atomic mass is 10.0. The summed E-state index contributed by atoms with van der Waals surface area (Å²) in [5.74, 6) is -1.45. The fraction of sp³-hybridized carbons (Fsp3) is 0. The predicted octanol–water partition coefficient (Wildman–Crippen LogP) is 2.59. The van der Waals surface area contributed by atoms with Gasteiger partial charge in [-0.2, -0.15) is 5.10 Å². The highest BCUT2D eigenvalue weighted by Crippen LogP contribution is 2.36. The van der Waals surface area contributed by atoms with E-state index in [2.05, 4.69) is 15.4 Å². The molecule has 0 aliphatic carbocycles. The molecule has 3 rings (SSSR count). The Morgan fingerprint density at radius 1 is 1.21 bits per heavy atom. The molecule has 0 bridgehead atoms. The lowest BCUT2D eigenvalue weighted by molar-refractivity contribution is 0.439. The van der Waals surface area contributed by atoms with E-state index in [1.165, 1.54) is 12.3 Å². The standard InChI is InChI=1S/C12H8F2N4O/c13-6-1-2-7(8(14)5-6)10-11(18-19-12(10)15)9-3-4-16-17-9/h1-5H,15H2,(H,16,17). The second-order valence-corrected chi connectivity index (χ2v) is 3.86. The van der Waals surface area contributed by atoms with Crippen molar-refractivity contribution in [1.82, 2.24) is 15.4 Å². The van der Waals surface area contributed by atoms with Crippen LogP contribution < -0.4 is 5.73 Å². The normalized spacial score (nSPS) is 10.8. The van der Waals surface area contributed by atoms with Crippen LogP contribution in [0.3, 0.4) is 0 Å². The van der Waals surface area contributed by atoms with Gasteiger partial charge in [0.1, 0.15) is 17.3 Å². The van der Waals surface area contributed by atoms with E-state index >= 15 is 0 Å². The van der Waals surface area contributed by atoms with E-state index in [0.717, 1.165) is 12.1 Å². The van der Waals surface area contributed by atoms with Crippen LogP contribution in [0.4, 0.5) is 14.7 Å². The van der Waals surface area contributed by atoms with E-state index in [0.29, 0.717) is 11.4 Å². The maximum absolute atomic E-state index is 13.8. The molecule has 19 heavy (non-hydrogen) atoms. The Hall–Kier alpha value is -2.70. The molecule has 0 saturated heterocycles. The number of nitrogens with zero attached hydrogens (tertiary/aromatic N) is 2. The average Bonchev–Trinajstić information content (AvgIpc) is 2.99. The van der Waals surface area contributed by atoms with Gasteiger partial charge in [0.25, 0.3) is 0 Å². The lowest BCUT2D eigenvalue weighted by Gasteiger charge is -2.03. The summed E-state index contributed by atoms with van der Waals surface area (Å²) in [5.41, 5.74) is 6.89. The van der Waals surface area contributed by atoms with E-state index < -0.39 is 11.6 Å². The van der Waals surface area contributed by atoms with E-state index in [4.69, 9.17) is 10.3 Å². The topological polar surface area (TPSA) is 80.7 Å². The molecule has 0 saturated carbocycles. The molecule has 0 spiro atoms. The number of hydrogen-bond donors (Lipinski definition) is 2. The smallest absolute Gasteiger partial charge is 0.230 e. The van der Waals surface area contributed by atoms with Crippen LogP contribution in [0.15, 0.2) is 35.0 Å². The number of benzene rings is 1. The van der Waals surface area contributed by atoms with E-state index in [-0.39, 0.29) is 17.0 Å². The summed E-state index contributed by atoms with van der Waals surface area (Å²) in [6, 6.07) is 4.84. The van der Waals surface area contributed by atoms with Gasteiger partial charge in [-0.05, 0) is 18.2 Å². The number of anilines is 1. The van der Waals surface area contributed by atoms with Crippen LogP contribution in [-0.2, 0) is 0 Å². The molecule has 96 valence electrons. The first-order valence-electron chi connectivity index (χ1n) is 5.37. The van der Waals surface area contributed by atoms with Gasteiger partial charge in [-0.15, -0.1) is 0 Å². The highest BCUT2D eigenvalue weighted by molar-refractivity contribution is 5.85. The van der Waals surface area contributed by atoms with Gasteiger partial charge < -0.3 is 10.3 Å². The van der Waals surface area contributed by atoms with Gasteiger partial charge in [0, 0.05) is 17.8 Å². The molecule has 3 N–H and O–H groups in total. The Kier molecular flexibility index (Phi) is 2.52. The second kappa shape index (κ2) is 4.20. The molecule has 0 aliphatic rings. The van der Waals surface area contributed by atoms with Gasteiger partial charge >= 0.3 is 0 Å². The number of nitrogens with two attached hydrogens (primary N) is 1. The fourth-order valence-corrected chi connectivity index (χ4v) is 1.83. The maximum Gasteiger partial charge on any atom is 0.230 e. The third kappa shape index (κ3) is 1.85. The number of H-pyrrole nitrogens is 1. The molecule has 0 unspecified atom stereocenters. The van der Waals surface area contributed by atoms with Crippen LogP contribution in [0.25, 0.3) is 22.5 Å². The van der Waals surface area contributed by atoms with Gasteiger partial charge in [0.15, 0.2) is 0 Å². The Bertz CT molecular complexity index is 721. The lowest BCUT2D eigenvalue weighted by Crippen LogP contribution is -1.92. The minimum absolute atomic E-state index is 0.0462. The first-order valence-corrected chi connectivity index (χ1v) is 5.37. The minimum atomic E-state index is -0.740. The number of aromatic amines is 1. The minimum Gasteiger partial charge on any atom is -0.367 e. The first kappa shape index (κ1) is 11.4. The zero-order chi connectivity index (χ0) is 13.4. The van der Waals surface area contributed by atoms with Gasteiger partial charge in [-0.25, -0.2) is 8.78 Å². The van der Waals surface area contributed by atoms with Crippen molar-refractivity contribution in [3.05, 3.63) is 42.1 Å². The SMILES string of the molecule is Nc1onc(-c2ccn[nH]2)c1-c1ccc(F)cc1F. The number of rotatable bonds is 2. The van der Waals surface area contributed by atoms with E-state index in [1.54, 1.807) is 6.07 Å². The third-order valence-electron chi connectivity index (χ3n) is 2.67. The van der Waals surface area contributed by atoms with Crippen molar-refractivity contribution in [2.24, 2.45) is 0 Å². The fourth-order valence-electron chi connectivity index (χ4n) is 1.83. The van der Waals surface area contributed by atoms with Crippen LogP contribution in [-0.4, -0.2) is 15.4 Å². The molecule has 0 radical (unpaired) electrons. The highest BCUT2D eigenvalue weighted by atomic mass is 19.1. The summed E-state index contributed by atoms with van der Waals surface area (Å²) in [7, 11) is 0. The summed E-state index contributed by atoms with van der Waals surface area (Å²) in [4.78, 5) is 0. The van der Waals surface area contributed by atoms with E-state index in [9.17, 15) is 8.78 Å². The number of halogens is 2. The summed E-state index contributed by atoms with van der Waals surface area (Å²) < 4.78 is 31.6. The van der Waals surface area contributed by atoms with Crippen molar-refractivity contribution in [2.45, 2.75) is 0 Å². The van der Waals surface area contributed by atoms with E-state index in [1.807, 2.05) is 0 Å². The first-order chi connectivity index (χ1) is 9.16. The average molecular weight is 262 g/mol. The Morgan fingerprint density at radius 3 is 2.74 bits per heavy atom. The molecule has 5 nitrogen and oxygen atoms in total. The van der Waals surface area contributed by atoms with Crippen molar-refractivity contribution in [2.75, 3.05) is 5.73 Å². The van der Waals surface area contributed by atoms with Crippen LogP contribution in [0.2, 0.25) is 0 Å². The molecule has 0 atom stereocenters. The number of nitrogens with one attached hydrogen (secondary N) is 1. The highest BCUT2D eigenvalue weighted by Gasteiger charge is 2.21.